The number of carbonyl (C=O) groups excluding carboxylic acids is 1. The van der Waals surface area contributed by atoms with Gasteiger partial charge in [0.15, 0.2) is 0 Å². The van der Waals surface area contributed by atoms with E-state index in [-0.39, 0.29) is 11.3 Å². The maximum absolute atomic E-state index is 12.6. The fourth-order valence-electron chi connectivity index (χ4n) is 2.70. The number of thiophene rings is 1. The summed E-state index contributed by atoms with van der Waals surface area (Å²) in [6.07, 6.45) is 0.879. The third-order valence-electron chi connectivity index (χ3n) is 4.52. The van der Waals surface area contributed by atoms with Gasteiger partial charge in [-0.25, -0.2) is 0 Å². The predicted molar refractivity (Wildman–Crippen MR) is 78.7 cm³/mol. The van der Waals surface area contributed by atoms with E-state index < -0.39 is 5.60 Å². The Morgan fingerprint density at radius 3 is 2.53 bits per heavy atom. The van der Waals surface area contributed by atoms with Crippen molar-refractivity contribution in [2.45, 2.75) is 46.6 Å². The zero-order valence-electron chi connectivity index (χ0n) is 12.4. The van der Waals surface area contributed by atoms with Crippen LogP contribution in [0.2, 0.25) is 0 Å². The maximum Gasteiger partial charge on any atom is 0.255 e. The molecule has 1 N–H and O–H groups in total. The molecule has 0 bridgehead atoms. The van der Waals surface area contributed by atoms with E-state index in [2.05, 4.69) is 13.8 Å². The molecule has 0 aliphatic carbocycles. The number of nitrogens with zero attached hydrogens (tertiary/aromatic N) is 1. The minimum atomic E-state index is -0.819. The number of rotatable bonds is 2. The Labute approximate surface area is 119 Å². The Bertz CT molecular complexity index is 486. The molecule has 4 heteroatoms. The van der Waals surface area contributed by atoms with Gasteiger partial charge in [0.1, 0.15) is 0 Å². The summed E-state index contributed by atoms with van der Waals surface area (Å²) in [5, 5.41) is 12.4. The first-order valence-electron chi connectivity index (χ1n) is 6.78. The summed E-state index contributed by atoms with van der Waals surface area (Å²) in [7, 11) is 0. The second-order valence-electron chi connectivity index (χ2n) is 6.36. The first-order chi connectivity index (χ1) is 8.69. The molecule has 3 nitrogen and oxygen atoms in total. The van der Waals surface area contributed by atoms with E-state index in [1.54, 1.807) is 16.2 Å². The van der Waals surface area contributed by atoms with Crippen LogP contribution in [0.1, 0.15) is 48.5 Å². The van der Waals surface area contributed by atoms with Crippen molar-refractivity contribution >= 4 is 17.2 Å². The van der Waals surface area contributed by atoms with Gasteiger partial charge in [-0.1, -0.05) is 20.8 Å². The number of amides is 1. The average molecular weight is 281 g/mol. The monoisotopic (exact) mass is 281 g/mol. The van der Waals surface area contributed by atoms with Crippen molar-refractivity contribution in [3.05, 3.63) is 21.4 Å². The molecule has 1 unspecified atom stereocenters. The number of aliphatic hydroxyl groups is 1. The molecule has 1 amide bonds. The van der Waals surface area contributed by atoms with Crippen molar-refractivity contribution in [1.29, 1.82) is 0 Å². The minimum Gasteiger partial charge on any atom is -0.388 e. The van der Waals surface area contributed by atoms with Crippen LogP contribution in [0.15, 0.2) is 5.38 Å². The lowest BCUT2D eigenvalue weighted by molar-refractivity contribution is -0.0108. The second kappa shape index (κ2) is 4.60. The summed E-state index contributed by atoms with van der Waals surface area (Å²) in [4.78, 5) is 15.6. The van der Waals surface area contributed by atoms with Crippen LogP contribution in [0.4, 0.5) is 0 Å². The molecule has 2 rings (SSSR count). The molecule has 0 radical (unpaired) electrons. The number of hydrogen-bond donors (Lipinski definition) is 1. The third kappa shape index (κ3) is 2.32. The summed E-state index contributed by atoms with van der Waals surface area (Å²) in [5.74, 6) is 0.0621. The molecule has 2 heterocycles. The summed E-state index contributed by atoms with van der Waals surface area (Å²) < 4.78 is 0. The SMILES string of the molecule is CCc1c(C(=O)N2CC(C)(C)C(C)(O)C2)csc1C. The van der Waals surface area contributed by atoms with Crippen LogP contribution in [0.5, 0.6) is 0 Å². The molecule has 0 aromatic carbocycles. The topological polar surface area (TPSA) is 40.5 Å². The Morgan fingerprint density at radius 2 is 2.05 bits per heavy atom. The van der Waals surface area contributed by atoms with E-state index in [1.165, 1.54) is 4.88 Å². The highest BCUT2D eigenvalue weighted by Crippen LogP contribution is 2.39. The van der Waals surface area contributed by atoms with Crippen LogP contribution in [-0.4, -0.2) is 34.6 Å². The van der Waals surface area contributed by atoms with Crippen molar-refractivity contribution in [2.75, 3.05) is 13.1 Å². The van der Waals surface area contributed by atoms with Gasteiger partial charge in [-0.15, -0.1) is 11.3 Å². The van der Waals surface area contributed by atoms with Crippen LogP contribution in [0, 0.1) is 12.3 Å². The lowest BCUT2D eigenvalue weighted by Gasteiger charge is -2.30. The molecule has 1 aliphatic heterocycles. The predicted octanol–water partition coefficient (Wildman–Crippen LogP) is 2.85. The van der Waals surface area contributed by atoms with Gasteiger partial charge in [-0.2, -0.15) is 0 Å². The molecule has 0 saturated carbocycles. The van der Waals surface area contributed by atoms with Crippen LogP contribution >= 0.6 is 11.3 Å². The number of carbonyl (C=O) groups is 1. The third-order valence-corrected chi connectivity index (χ3v) is 5.47. The molecule has 1 fully saturated rings. The van der Waals surface area contributed by atoms with Crippen LogP contribution in [-0.2, 0) is 6.42 Å². The van der Waals surface area contributed by atoms with Gasteiger partial charge >= 0.3 is 0 Å². The molecule has 0 spiro atoms. The highest BCUT2D eigenvalue weighted by Gasteiger charge is 2.49. The van der Waals surface area contributed by atoms with Crippen molar-refractivity contribution in [1.82, 2.24) is 4.90 Å². The first-order valence-corrected chi connectivity index (χ1v) is 7.66. The fourth-order valence-corrected chi connectivity index (χ4v) is 3.64. The molecular formula is C15H23NO2S. The Balaban J connectivity index is 2.27. The number of likely N-dealkylation sites (tertiary alicyclic amines) is 1. The van der Waals surface area contributed by atoms with Gasteiger partial charge in [0.2, 0.25) is 0 Å². The smallest absolute Gasteiger partial charge is 0.255 e. The van der Waals surface area contributed by atoms with E-state index in [1.807, 2.05) is 26.2 Å². The van der Waals surface area contributed by atoms with Crippen molar-refractivity contribution in [2.24, 2.45) is 5.41 Å². The molecule has 1 aromatic rings. The largest absolute Gasteiger partial charge is 0.388 e. The molecular weight excluding hydrogens is 258 g/mol. The van der Waals surface area contributed by atoms with Crippen molar-refractivity contribution in [3.8, 4) is 0 Å². The fraction of sp³-hybridized carbons (Fsp3) is 0.667. The lowest BCUT2D eigenvalue weighted by Crippen LogP contribution is -2.40. The minimum absolute atomic E-state index is 0.0621. The van der Waals surface area contributed by atoms with Gasteiger partial charge in [-0.05, 0) is 25.8 Å². The van der Waals surface area contributed by atoms with E-state index >= 15 is 0 Å². The van der Waals surface area contributed by atoms with E-state index in [0.717, 1.165) is 17.5 Å². The van der Waals surface area contributed by atoms with E-state index in [9.17, 15) is 9.90 Å². The van der Waals surface area contributed by atoms with Crippen LogP contribution in [0.3, 0.4) is 0 Å². The Kier molecular flexibility index (Phi) is 3.52. The number of aryl methyl sites for hydroxylation is 1. The highest BCUT2D eigenvalue weighted by molar-refractivity contribution is 7.10. The van der Waals surface area contributed by atoms with Crippen molar-refractivity contribution < 1.29 is 9.90 Å². The van der Waals surface area contributed by atoms with Crippen LogP contribution in [0.25, 0.3) is 0 Å². The lowest BCUT2D eigenvalue weighted by atomic mass is 9.79. The highest BCUT2D eigenvalue weighted by atomic mass is 32.1. The second-order valence-corrected chi connectivity index (χ2v) is 7.44. The molecule has 1 aliphatic rings. The Hall–Kier alpha value is -0.870. The summed E-state index contributed by atoms with van der Waals surface area (Å²) in [5.41, 5.74) is 0.887. The average Bonchev–Trinajstić information content (AvgIpc) is 2.76. The molecule has 19 heavy (non-hydrogen) atoms. The zero-order chi connectivity index (χ0) is 14.4. The molecule has 1 saturated heterocycles. The zero-order valence-corrected chi connectivity index (χ0v) is 13.2. The van der Waals surface area contributed by atoms with Gasteiger partial charge in [0.05, 0.1) is 17.7 Å². The standard InChI is InChI=1S/C15H23NO2S/c1-6-11-10(2)19-7-12(11)13(17)16-8-14(3,4)15(5,18)9-16/h7,18H,6,8-9H2,1-5H3. The van der Waals surface area contributed by atoms with Gasteiger partial charge < -0.3 is 10.0 Å². The molecule has 1 atom stereocenters. The molecule has 106 valence electrons. The van der Waals surface area contributed by atoms with E-state index in [0.29, 0.717) is 13.1 Å². The normalized spacial score (nSPS) is 25.9. The van der Waals surface area contributed by atoms with E-state index in [4.69, 9.17) is 0 Å². The summed E-state index contributed by atoms with van der Waals surface area (Å²) in [6.45, 7) is 11.0. The van der Waals surface area contributed by atoms with Gasteiger partial charge in [0.25, 0.3) is 5.91 Å². The summed E-state index contributed by atoms with van der Waals surface area (Å²) in [6, 6.07) is 0. The first kappa shape index (κ1) is 14.5. The number of hydrogen-bond acceptors (Lipinski definition) is 3. The quantitative estimate of drug-likeness (QED) is 0.905. The van der Waals surface area contributed by atoms with Crippen molar-refractivity contribution in [3.63, 3.8) is 0 Å². The van der Waals surface area contributed by atoms with Crippen LogP contribution < -0.4 is 0 Å². The summed E-state index contributed by atoms with van der Waals surface area (Å²) >= 11 is 1.63. The number of β-amino-alcohol motifs (C(OH)–C–C–N with tert-alkyl or cyclic N) is 1. The van der Waals surface area contributed by atoms with Gasteiger partial charge in [-0.3, -0.25) is 4.79 Å². The maximum atomic E-state index is 12.6. The van der Waals surface area contributed by atoms with Gasteiger partial charge in [0, 0.05) is 22.2 Å². The Morgan fingerprint density at radius 1 is 1.42 bits per heavy atom. The molecule has 1 aromatic heterocycles.